The molecule has 0 bridgehead atoms. The Hall–Kier alpha value is -3.72. The molecule has 154 valence electrons. The minimum Gasteiger partial charge on any atom is -0.344 e. The molecule has 5 aromatic rings. The van der Waals surface area contributed by atoms with E-state index in [9.17, 15) is 4.79 Å². The average molecular weight is 433 g/mol. The molecule has 0 radical (unpaired) electrons. The highest BCUT2D eigenvalue weighted by Crippen LogP contribution is 2.38. The molecule has 0 aliphatic carbocycles. The highest BCUT2D eigenvalue weighted by Gasteiger charge is 2.37. The van der Waals surface area contributed by atoms with Gasteiger partial charge in [0.25, 0.3) is 5.56 Å². The number of anilines is 1. The van der Waals surface area contributed by atoms with Crippen molar-refractivity contribution in [3.8, 4) is 5.69 Å². The number of halogens is 1. The van der Waals surface area contributed by atoms with E-state index in [-0.39, 0.29) is 11.6 Å². The highest BCUT2D eigenvalue weighted by molar-refractivity contribution is 6.33. The molecular formula is C21H17ClN8O. The number of H-pyrrole nitrogens is 1. The van der Waals surface area contributed by atoms with E-state index in [1.807, 2.05) is 37.3 Å². The van der Waals surface area contributed by atoms with Gasteiger partial charge in [0.05, 0.1) is 23.1 Å². The Morgan fingerprint density at radius 2 is 2.00 bits per heavy atom. The Morgan fingerprint density at radius 1 is 1.16 bits per heavy atom. The zero-order chi connectivity index (χ0) is 21.1. The van der Waals surface area contributed by atoms with Gasteiger partial charge >= 0.3 is 0 Å². The fourth-order valence-electron chi connectivity index (χ4n) is 4.13. The number of hydrogen-bond acceptors (Lipinski definition) is 6. The molecule has 31 heavy (non-hydrogen) atoms. The molecule has 1 aliphatic rings. The Morgan fingerprint density at radius 3 is 2.77 bits per heavy atom. The van der Waals surface area contributed by atoms with Crippen LogP contribution in [-0.4, -0.2) is 40.7 Å². The maximum Gasteiger partial charge on any atom is 0.284 e. The molecule has 1 aliphatic heterocycles. The molecule has 9 nitrogen and oxygen atoms in total. The normalized spacial score (nSPS) is 16.2. The first kappa shape index (κ1) is 18.1. The van der Waals surface area contributed by atoms with Crippen LogP contribution in [0.4, 0.5) is 5.82 Å². The summed E-state index contributed by atoms with van der Waals surface area (Å²) < 4.78 is 3.21. The van der Waals surface area contributed by atoms with Gasteiger partial charge in [0.15, 0.2) is 17.3 Å². The van der Waals surface area contributed by atoms with Crippen LogP contribution in [0.25, 0.3) is 22.4 Å². The number of nitrogens with zero attached hydrogens (tertiary/aromatic N) is 7. The smallest absolute Gasteiger partial charge is 0.284 e. The monoisotopic (exact) mass is 432 g/mol. The molecule has 1 atom stereocenters. The molecule has 1 saturated heterocycles. The maximum absolute atomic E-state index is 13.5. The van der Waals surface area contributed by atoms with Gasteiger partial charge < -0.3 is 9.88 Å². The predicted molar refractivity (Wildman–Crippen MR) is 117 cm³/mol. The summed E-state index contributed by atoms with van der Waals surface area (Å²) in [7, 11) is 0. The lowest BCUT2D eigenvalue weighted by atomic mass is 10.0. The second kappa shape index (κ2) is 6.64. The van der Waals surface area contributed by atoms with Crippen molar-refractivity contribution in [2.75, 3.05) is 11.4 Å². The second-order valence-electron chi connectivity index (χ2n) is 7.48. The minimum absolute atomic E-state index is 0.140. The molecule has 1 aromatic carbocycles. The first-order chi connectivity index (χ1) is 15.1. The highest BCUT2D eigenvalue weighted by atomic mass is 35.5. The average Bonchev–Trinajstić information content (AvgIpc) is 3.35. The van der Waals surface area contributed by atoms with Crippen LogP contribution in [0.3, 0.4) is 0 Å². The van der Waals surface area contributed by atoms with Crippen LogP contribution in [-0.2, 0) is 0 Å². The van der Waals surface area contributed by atoms with Gasteiger partial charge in [-0.25, -0.2) is 19.5 Å². The fraction of sp³-hybridized carbons (Fsp3) is 0.190. The molecule has 0 unspecified atom stereocenters. The number of benzene rings is 1. The standard InChI is InChI=1S/C21H17ClN8O/c1-12-25-18-16(23-11-24-18)20(26-12)28-9-8-15(28)19-27-29-10-7-14(22)17(29)21(31)30(19)13-5-3-2-4-6-13/h2-7,10-11,15H,8-9H2,1H3,(H,23,24,25,26)/t15-/m0/s1. The lowest BCUT2D eigenvalue weighted by molar-refractivity contribution is 0.424. The summed E-state index contributed by atoms with van der Waals surface area (Å²) in [4.78, 5) is 32.1. The van der Waals surface area contributed by atoms with Crippen LogP contribution in [0, 0.1) is 6.92 Å². The number of fused-ring (bicyclic) bond motifs is 2. The second-order valence-corrected chi connectivity index (χ2v) is 7.89. The van der Waals surface area contributed by atoms with Crippen molar-refractivity contribution in [3.05, 3.63) is 75.9 Å². The Kier molecular flexibility index (Phi) is 3.87. The number of nitrogens with one attached hydrogen (secondary N) is 1. The summed E-state index contributed by atoms with van der Waals surface area (Å²) in [5.41, 5.74) is 2.29. The lowest BCUT2D eigenvalue weighted by Crippen LogP contribution is -2.45. The van der Waals surface area contributed by atoms with Gasteiger partial charge in [0, 0.05) is 12.7 Å². The molecule has 10 heteroatoms. The number of imidazole rings is 1. The number of hydrogen-bond donors (Lipinski definition) is 1. The van der Waals surface area contributed by atoms with E-state index >= 15 is 0 Å². The van der Waals surface area contributed by atoms with Gasteiger partial charge in [0.2, 0.25) is 0 Å². The van der Waals surface area contributed by atoms with E-state index in [0.29, 0.717) is 27.8 Å². The van der Waals surface area contributed by atoms with Crippen LogP contribution in [0.15, 0.2) is 53.7 Å². The van der Waals surface area contributed by atoms with Crippen molar-refractivity contribution in [3.63, 3.8) is 0 Å². The molecule has 0 saturated carbocycles. The first-order valence-electron chi connectivity index (χ1n) is 9.91. The SMILES string of the molecule is Cc1nc(N2CC[C@H]2c2nn3ccc(Cl)c3c(=O)n2-c2ccccc2)c2[nH]cnc2n1. The number of aromatic nitrogens is 7. The molecule has 1 fully saturated rings. The van der Waals surface area contributed by atoms with Crippen molar-refractivity contribution in [2.45, 2.75) is 19.4 Å². The van der Waals surface area contributed by atoms with Crippen molar-refractivity contribution in [1.29, 1.82) is 0 Å². The van der Waals surface area contributed by atoms with Crippen molar-refractivity contribution in [2.24, 2.45) is 0 Å². The molecule has 6 rings (SSSR count). The zero-order valence-corrected chi connectivity index (χ0v) is 17.3. The predicted octanol–water partition coefficient (Wildman–Crippen LogP) is 3.06. The van der Waals surface area contributed by atoms with Gasteiger partial charge in [0.1, 0.15) is 16.9 Å². The summed E-state index contributed by atoms with van der Waals surface area (Å²) in [6.07, 6.45) is 4.16. The maximum atomic E-state index is 13.5. The van der Waals surface area contributed by atoms with E-state index in [4.69, 9.17) is 16.7 Å². The van der Waals surface area contributed by atoms with Crippen LogP contribution in [0.1, 0.15) is 24.1 Å². The molecule has 1 N–H and O–H groups in total. The number of para-hydroxylation sites is 1. The van der Waals surface area contributed by atoms with Crippen molar-refractivity contribution in [1.82, 2.24) is 34.1 Å². The third kappa shape index (κ3) is 2.66. The summed E-state index contributed by atoms with van der Waals surface area (Å²) in [5, 5.41) is 5.18. The largest absolute Gasteiger partial charge is 0.344 e. The van der Waals surface area contributed by atoms with Crippen LogP contribution < -0.4 is 10.5 Å². The van der Waals surface area contributed by atoms with E-state index in [0.717, 1.165) is 30.0 Å². The molecule has 5 heterocycles. The summed E-state index contributed by atoms with van der Waals surface area (Å²) in [5.74, 6) is 2.03. The summed E-state index contributed by atoms with van der Waals surface area (Å²) in [6, 6.07) is 11.0. The van der Waals surface area contributed by atoms with Crippen LogP contribution in [0.5, 0.6) is 0 Å². The quantitative estimate of drug-likeness (QED) is 0.470. The topological polar surface area (TPSA) is 97.0 Å². The van der Waals surface area contributed by atoms with Crippen molar-refractivity contribution < 1.29 is 0 Å². The summed E-state index contributed by atoms with van der Waals surface area (Å²) in [6.45, 7) is 2.63. The van der Waals surface area contributed by atoms with Gasteiger partial charge in [-0.1, -0.05) is 29.8 Å². The number of aromatic amines is 1. The van der Waals surface area contributed by atoms with Crippen LogP contribution in [0.2, 0.25) is 5.02 Å². The third-order valence-electron chi connectivity index (χ3n) is 5.64. The summed E-state index contributed by atoms with van der Waals surface area (Å²) >= 11 is 6.30. The van der Waals surface area contributed by atoms with E-state index in [1.54, 1.807) is 27.7 Å². The van der Waals surface area contributed by atoms with E-state index < -0.39 is 0 Å². The molecule has 0 spiro atoms. The van der Waals surface area contributed by atoms with E-state index in [2.05, 4.69) is 24.8 Å². The first-order valence-corrected chi connectivity index (χ1v) is 10.3. The Balaban J connectivity index is 1.58. The Labute approximate surface area is 181 Å². The fourth-order valence-corrected chi connectivity index (χ4v) is 4.35. The molecule has 4 aromatic heterocycles. The van der Waals surface area contributed by atoms with Gasteiger partial charge in [-0.05, 0) is 31.5 Å². The zero-order valence-electron chi connectivity index (χ0n) is 16.5. The Bertz CT molecular complexity index is 1500. The minimum atomic E-state index is -0.205. The lowest BCUT2D eigenvalue weighted by Gasteiger charge is -2.42. The van der Waals surface area contributed by atoms with Crippen molar-refractivity contribution >= 4 is 34.1 Å². The molecular weight excluding hydrogens is 416 g/mol. The molecule has 0 amide bonds. The number of rotatable bonds is 3. The van der Waals surface area contributed by atoms with Gasteiger partial charge in [-0.3, -0.25) is 9.36 Å². The number of aryl methyl sites for hydroxylation is 1. The van der Waals surface area contributed by atoms with Crippen LogP contribution >= 0.6 is 11.6 Å². The van der Waals surface area contributed by atoms with Gasteiger partial charge in [-0.2, -0.15) is 5.10 Å². The van der Waals surface area contributed by atoms with E-state index in [1.165, 1.54) is 0 Å². The third-order valence-corrected chi connectivity index (χ3v) is 5.95. The van der Waals surface area contributed by atoms with Gasteiger partial charge in [-0.15, -0.1) is 0 Å².